The Morgan fingerprint density at radius 1 is 0.957 bits per heavy atom. The number of para-hydroxylation sites is 3. The van der Waals surface area contributed by atoms with Gasteiger partial charge in [0.1, 0.15) is 11.4 Å². The highest BCUT2D eigenvalue weighted by molar-refractivity contribution is 6.04. The number of hydrogen-bond acceptors (Lipinski definition) is 3. The highest BCUT2D eigenvalue weighted by Gasteiger charge is 2.13. The van der Waals surface area contributed by atoms with Gasteiger partial charge in [-0.1, -0.05) is 30.3 Å². The van der Waals surface area contributed by atoms with Crippen molar-refractivity contribution in [1.82, 2.24) is 14.5 Å². The maximum absolute atomic E-state index is 5.79. The van der Waals surface area contributed by atoms with E-state index in [1.165, 1.54) is 0 Å². The molecule has 0 atom stereocenters. The van der Waals surface area contributed by atoms with E-state index in [2.05, 4.69) is 27.8 Å². The maximum atomic E-state index is 5.79. The predicted octanol–water partition coefficient (Wildman–Crippen LogP) is 4.53. The van der Waals surface area contributed by atoms with Crippen molar-refractivity contribution in [3.63, 3.8) is 0 Å². The molecule has 23 heavy (non-hydrogen) atoms. The Labute approximate surface area is 132 Å². The zero-order valence-electron chi connectivity index (χ0n) is 12.5. The molecule has 0 saturated carbocycles. The number of rotatable bonds is 1. The molecule has 3 heterocycles. The summed E-state index contributed by atoms with van der Waals surface area (Å²) >= 11 is 0. The van der Waals surface area contributed by atoms with Crippen LogP contribution in [0.4, 0.5) is 0 Å². The highest BCUT2D eigenvalue weighted by Crippen LogP contribution is 2.31. The molecule has 110 valence electrons. The summed E-state index contributed by atoms with van der Waals surface area (Å²) in [5.41, 5.74) is 4.61. The van der Waals surface area contributed by atoms with E-state index >= 15 is 0 Å². The van der Waals surface area contributed by atoms with Gasteiger partial charge in [-0.3, -0.25) is 0 Å². The number of hydrogen-bond donors (Lipinski definition) is 0. The summed E-state index contributed by atoms with van der Waals surface area (Å²) in [5.74, 6) is 0.908. The van der Waals surface area contributed by atoms with E-state index < -0.39 is 0 Å². The lowest BCUT2D eigenvalue weighted by Crippen LogP contribution is -1.92. The van der Waals surface area contributed by atoms with Gasteiger partial charge in [0.25, 0.3) is 0 Å². The standard InChI is InChI=1S/C19H13N3O/c1-22-16-8-4-3-7-15(16)21-18(22)12-10-14-13-6-2-5-9-17(13)23-19(14)20-11-12/h2-11H,1H3. The van der Waals surface area contributed by atoms with Gasteiger partial charge < -0.3 is 8.98 Å². The number of aromatic nitrogens is 3. The molecular weight excluding hydrogens is 286 g/mol. The molecule has 0 aliphatic heterocycles. The minimum Gasteiger partial charge on any atom is -0.438 e. The molecule has 0 radical (unpaired) electrons. The van der Waals surface area contributed by atoms with Gasteiger partial charge >= 0.3 is 0 Å². The second-order valence-corrected chi connectivity index (χ2v) is 5.66. The second-order valence-electron chi connectivity index (χ2n) is 5.66. The molecule has 2 aromatic carbocycles. The van der Waals surface area contributed by atoms with E-state index in [-0.39, 0.29) is 0 Å². The third-order valence-electron chi connectivity index (χ3n) is 4.28. The quantitative estimate of drug-likeness (QED) is 0.456. The maximum Gasteiger partial charge on any atom is 0.227 e. The van der Waals surface area contributed by atoms with Crippen LogP contribution in [0.15, 0.2) is 65.2 Å². The Hall–Kier alpha value is -3.14. The van der Waals surface area contributed by atoms with Crippen molar-refractivity contribution in [3.05, 3.63) is 60.8 Å². The molecule has 3 aromatic heterocycles. The van der Waals surface area contributed by atoms with Crippen molar-refractivity contribution < 1.29 is 4.42 Å². The Balaban J connectivity index is 1.81. The van der Waals surface area contributed by atoms with Crippen LogP contribution in [0.2, 0.25) is 0 Å². The van der Waals surface area contributed by atoms with Crippen molar-refractivity contribution in [3.8, 4) is 11.4 Å². The number of nitrogens with zero attached hydrogens (tertiary/aromatic N) is 3. The van der Waals surface area contributed by atoms with Crippen molar-refractivity contribution >= 4 is 33.1 Å². The van der Waals surface area contributed by atoms with Crippen LogP contribution in [0.3, 0.4) is 0 Å². The summed E-state index contributed by atoms with van der Waals surface area (Å²) in [6.45, 7) is 0. The van der Waals surface area contributed by atoms with Gasteiger partial charge in [0, 0.05) is 29.6 Å². The van der Waals surface area contributed by atoms with Gasteiger partial charge in [-0.05, 0) is 24.3 Å². The minimum atomic E-state index is 0.661. The molecule has 0 unspecified atom stereocenters. The van der Waals surface area contributed by atoms with Crippen molar-refractivity contribution in [2.75, 3.05) is 0 Å². The molecule has 5 aromatic rings. The number of fused-ring (bicyclic) bond motifs is 4. The van der Waals surface area contributed by atoms with E-state index in [0.29, 0.717) is 5.71 Å². The topological polar surface area (TPSA) is 43.9 Å². The average Bonchev–Trinajstić information content (AvgIpc) is 3.13. The van der Waals surface area contributed by atoms with Crippen LogP contribution in [0.25, 0.3) is 44.5 Å². The van der Waals surface area contributed by atoms with Crippen LogP contribution in [-0.4, -0.2) is 14.5 Å². The van der Waals surface area contributed by atoms with Crippen LogP contribution < -0.4 is 0 Å². The third-order valence-corrected chi connectivity index (χ3v) is 4.28. The van der Waals surface area contributed by atoms with E-state index in [1.807, 2.05) is 49.6 Å². The molecule has 0 aliphatic carbocycles. The fourth-order valence-electron chi connectivity index (χ4n) is 3.13. The molecule has 0 amide bonds. The van der Waals surface area contributed by atoms with E-state index in [1.54, 1.807) is 0 Å². The first kappa shape index (κ1) is 12.4. The monoisotopic (exact) mass is 299 g/mol. The second kappa shape index (κ2) is 4.43. The molecule has 4 heteroatoms. The molecule has 5 rings (SSSR count). The van der Waals surface area contributed by atoms with Crippen LogP contribution in [0, 0.1) is 0 Å². The first-order valence-electron chi connectivity index (χ1n) is 7.50. The lowest BCUT2D eigenvalue weighted by Gasteiger charge is -2.02. The summed E-state index contributed by atoms with van der Waals surface area (Å²) in [6, 6.07) is 18.2. The van der Waals surface area contributed by atoms with Crippen molar-refractivity contribution in [2.24, 2.45) is 7.05 Å². The molecule has 0 spiro atoms. The van der Waals surface area contributed by atoms with E-state index in [4.69, 9.17) is 9.40 Å². The van der Waals surface area contributed by atoms with Gasteiger partial charge in [-0.15, -0.1) is 0 Å². The molecular formula is C19H13N3O. The number of pyridine rings is 1. The number of aryl methyl sites for hydroxylation is 1. The molecule has 0 N–H and O–H groups in total. The Kier molecular flexibility index (Phi) is 2.39. The number of imidazole rings is 1. The minimum absolute atomic E-state index is 0.661. The van der Waals surface area contributed by atoms with Crippen molar-refractivity contribution in [1.29, 1.82) is 0 Å². The lowest BCUT2D eigenvalue weighted by atomic mass is 10.1. The molecule has 0 aliphatic rings. The van der Waals surface area contributed by atoms with Crippen molar-refractivity contribution in [2.45, 2.75) is 0 Å². The summed E-state index contributed by atoms with van der Waals surface area (Å²) in [5, 5.41) is 2.10. The SMILES string of the molecule is Cn1c(-c2cnc3oc4ccccc4c3c2)nc2ccccc21. The first-order valence-corrected chi connectivity index (χ1v) is 7.50. The number of furan rings is 1. The smallest absolute Gasteiger partial charge is 0.227 e. The van der Waals surface area contributed by atoms with Crippen LogP contribution >= 0.6 is 0 Å². The summed E-state index contributed by atoms with van der Waals surface area (Å²) < 4.78 is 7.89. The van der Waals surface area contributed by atoms with E-state index in [0.717, 1.165) is 38.8 Å². The van der Waals surface area contributed by atoms with Gasteiger partial charge in [-0.2, -0.15) is 0 Å². The van der Waals surface area contributed by atoms with Crippen LogP contribution in [0.1, 0.15) is 0 Å². The number of benzene rings is 2. The molecule has 4 nitrogen and oxygen atoms in total. The van der Waals surface area contributed by atoms with Gasteiger partial charge in [0.05, 0.1) is 11.0 Å². The normalized spacial score (nSPS) is 11.7. The summed E-state index contributed by atoms with van der Waals surface area (Å²) in [4.78, 5) is 9.23. The van der Waals surface area contributed by atoms with Gasteiger partial charge in [0.2, 0.25) is 5.71 Å². The van der Waals surface area contributed by atoms with Crippen LogP contribution in [0.5, 0.6) is 0 Å². The zero-order chi connectivity index (χ0) is 15.4. The molecule has 0 bridgehead atoms. The van der Waals surface area contributed by atoms with Gasteiger partial charge in [-0.25, -0.2) is 9.97 Å². The summed E-state index contributed by atoms with van der Waals surface area (Å²) in [6.07, 6.45) is 1.83. The lowest BCUT2D eigenvalue weighted by molar-refractivity contribution is 0.654. The van der Waals surface area contributed by atoms with E-state index in [9.17, 15) is 0 Å². The van der Waals surface area contributed by atoms with Crippen LogP contribution in [-0.2, 0) is 7.05 Å². The third kappa shape index (κ3) is 1.72. The molecule has 0 saturated heterocycles. The Bertz CT molecular complexity index is 1180. The van der Waals surface area contributed by atoms with Gasteiger partial charge in [0.15, 0.2) is 0 Å². The largest absolute Gasteiger partial charge is 0.438 e. The average molecular weight is 299 g/mol. The Morgan fingerprint density at radius 3 is 2.70 bits per heavy atom. The fraction of sp³-hybridized carbons (Fsp3) is 0.0526. The molecule has 0 fully saturated rings. The zero-order valence-corrected chi connectivity index (χ0v) is 12.5. The predicted molar refractivity (Wildman–Crippen MR) is 91.2 cm³/mol. The fourth-order valence-corrected chi connectivity index (χ4v) is 3.13. The highest BCUT2D eigenvalue weighted by atomic mass is 16.3. The Morgan fingerprint density at radius 2 is 1.78 bits per heavy atom. The summed E-state index contributed by atoms with van der Waals surface area (Å²) in [7, 11) is 2.03. The first-order chi connectivity index (χ1) is 11.3.